The first kappa shape index (κ1) is 5.18. The Bertz CT molecular complexity index is 10.8. The summed E-state index contributed by atoms with van der Waals surface area (Å²) >= 11 is 6.65. The van der Waals surface area contributed by atoms with Gasteiger partial charge in [0.1, 0.15) is 0 Å². The molecule has 0 unspecified atom stereocenters. The van der Waals surface area contributed by atoms with Crippen molar-refractivity contribution in [1.29, 1.82) is 0 Å². The summed E-state index contributed by atoms with van der Waals surface area (Å²) in [5, 5.41) is 0. The SMILES string of the molecule is C[SiH](Br)Br. The fourth-order valence-electron chi connectivity index (χ4n) is 0. The second-order valence-corrected chi connectivity index (χ2v) is 13.5. The minimum Gasteiger partial charge on any atom is -0.116 e. The van der Waals surface area contributed by atoms with Gasteiger partial charge in [-0.15, -0.1) is 30.6 Å². The first-order valence-corrected chi connectivity index (χ1v) is 8.54. The molecule has 0 aliphatic carbocycles. The van der Waals surface area contributed by atoms with Gasteiger partial charge in [-0.25, -0.2) is 0 Å². The Morgan fingerprint density at radius 1 is 1.50 bits per heavy atom. The number of rotatable bonds is 0. The molecule has 0 amide bonds. The van der Waals surface area contributed by atoms with Crippen LogP contribution in [0.2, 0.25) is 6.55 Å². The van der Waals surface area contributed by atoms with E-state index in [4.69, 9.17) is 0 Å². The van der Waals surface area contributed by atoms with Crippen molar-refractivity contribution in [1.82, 2.24) is 0 Å². The molecule has 0 fully saturated rings. The van der Waals surface area contributed by atoms with Crippen LogP contribution in [0.5, 0.6) is 0 Å². The molecular weight excluding hydrogens is 200 g/mol. The van der Waals surface area contributed by atoms with Crippen LogP contribution in [0.3, 0.4) is 0 Å². The summed E-state index contributed by atoms with van der Waals surface area (Å²) in [6.07, 6.45) is 0. The molecule has 0 aromatic carbocycles. The van der Waals surface area contributed by atoms with E-state index in [-0.39, 0.29) is 0 Å². The van der Waals surface area contributed by atoms with Gasteiger partial charge >= 0.3 is 0 Å². The smallest absolute Gasteiger partial charge is 0.116 e. The standard InChI is InChI=1S/CH4Br2Si/c1-4(2)3/h4H,1H3. The van der Waals surface area contributed by atoms with Crippen molar-refractivity contribution in [3.05, 3.63) is 0 Å². The van der Waals surface area contributed by atoms with E-state index in [0.29, 0.717) is 0 Å². The van der Waals surface area contributed by atoms with E-state index in [1.165, 1.54) is 0 Å². The molecule has 0 N–H and O–H groups in total. The molecule has 0 aliphatic rings. The van der Waals surface area contributed by atoms with Crippen LogP contribution in [-0.4, -0.2) is 6.04 Å². The molecule has 0 aliphatic heterocycles. The zero-order valence-electron chi connectivity index (χ0n) is 2.33. The van der Waals surface area contributed by atoms with Crippen LogP contribution in [0.1, 0.15) is 0 Å². The van der Waals surface area contributed by atoms with Crippen LogP contribution in [0.4, 0.5) is 0 Å². The van der Waals surface area contributed by atoms with Gasteiger partial charge < -0.3 is 0 Å². The molecule has 0 radical (unpaired) electrons. The van der Waals surface area contributed by atoms with E-state index in [1.807, 2.05) is 0 Å². The van der Waals surface area contributed by atoms with Crippen LogP contribution >= 0.6 is 30.6 Å². The minimum atomic E-state index is -0.514. The number of hydrogen-bond donors (Lipinski definition) is 0. The van der Waals surface area contributed by atoms with Gasteiger partial charge in [-0.1, -0.05) is 6.55 Å². The highest BCUT2D eigenvalue weighted by molar-refractivity contribution is 9.49. The second kappa shape index (κ2) is 2.42. The van der Waals surface area contributed by atoms with Crippen molar-refractivity contribution in [3.63, 3.8) is 0 Å². The molecule has 0 saturated heterocycles. The van der Waals surface area contributed by atoms with E-state index in [2.05, 4.69) is 37.1 Å². The normalized spacial score (nSPS) is 9.00. The van der Waals surface area contributed by atoms with Gasteiger partial charge in [-0.05, 0) is 0 Å². The summed E-state index contributed by atoms with van der Waals surface area (Å²) in [5.74, 6) is 0. The van der Waals surface area contributed by atoms with Gasteiger partial charge in [0.2, 0.25) is 0 Å². The Balaban J connectivity index is 2.32. The van der Waals surface area contributed by atoms with Gasteiger partial charge in [0.15, 0.2) is 6.04 Å². The zero-order valence-corrected chi connectivity index (χ0v) is 6.66. The van der Waals surface area contributed by atoms with Crippen molar-refractivity contribution in [2.45, 2.75) is 6.55 Å². The average molecular weight is 204 g/mol. The van der Waals surface area contributed by atoms with Gasteiger partial charge in [-0.3, -0.25) is 0 Å². The Hall–Kier alpha value is 1.18. The van der Waals surface area contributed by atoms with Crippen molar-refractivity contribution in [3.8, 4) is 0 Å². The van der Waals surface area contributed by atoms with E-state index in [1.54, 1.807) is 0 Å². The highest BCUT2D eigenvalue weighted by Gasteiger charge is 1.78. The van der Waals surface area contributed by atoms with E-state index in [9.17, 15) is 0 Å². The van der Waals surface area contributed by atoms with Crippen LogP contribution in [0.15, 0.2) is 0 Å². The van der Waals surface area contributed by atoms with Crippen molar-refractivity contribution >= 4 is 36.6 Å². The van der Waals surface area contributed by atoms with Crippen LogP contribution < -0.4 is 0 Å². The molecule has 0 bridgehead atoms. The maximum absolute atomic E-state index is 3.33. The third kappa shape index (κ3) is 10.9. The molecule has 0 aromatic heterocycles. The van der Waals surface area contributed by atoms with Crippen molar-refractivity contribution in [2.75, 3.05) is 0 Å². The van der Waals surface area contributed by atoms with Gasteiger partial charge in [0, 0.05) is 0 Å². The van der Waals surface area contributed by atoms with E-state index >= 15 is 0 Å². The third-order valence-corrected chi connectivity index (χ3v) is 0. The lowest BCUT2D eigenvalue weighted by atomic mass is 11.9. The Morgan fingerprint density at radius 2 is 1.50 bits per heavy atom. The molecule has 0 nitrogen and oxygen atoms in total. The lowest BCUT2D eigenvalue weighted by Gasteiger charge is -1.69. The molecule has 0 aromatic rings. The highest BCUT2D eigenvalue weighted by Crippen LogP contribution is 1.97. The molecule has 0 heterocycles. The molecule has 0 rings (SSSR count). The molecule has 0 spiro atoms. The first-order valence-electron chi connectivity index (χ1n) is 1.01. The van der Waals surface area contributed by atoms with Gasteiger partial charge in [0.05, 0.1) is 0 Å². The topological polar surface area (TPSA) is 0 Å². The maximum Gasteiger partial charge on any atom is 0.183 e. The maximum atomic E-state index is 3.33. The van der Waals surface area contributed by atoms with E-state index < -0.39 is 6.04 Å². The van der Waals surface area contributed by atoms with E-state index in [0.717, 1.165) is 0 Å². The lowest BCUT2D eigenvalue weighted by Crippen LogP contribution is -1.69. The molecular formula is CH4Br2Si. The Morgan fingerprint density at radius 3 is 1.50 bits per heavy atom. The highest BCUT2D eigenvalue weighted by atomic mass is 79.9. The fraction of sp³-hybridized carbons (Fsp3) is 1.00. The summed E-state index contributed by atoms with van der Waals surface area (Å²) in [6.45, 7) is 2.14. The summed E-state index contributed by atoms with van der Waals surface area (Å²) in [7, 11) is 0. The quantitative estimate of drug-likeness (QED) is 0.415. The monoisotopic (exact) mass is 202 g/mol. The van der Waals surface area contributed by atoms with Gasteiger partial charge in [-0.2, -0.15) is 0 Å². The van der Waals surface area contributed by atoms with Crippen LogP contribution in [0, 0.1) is 0 Å². The van der Waals surface area contributed by atoms with Gasteiger partial charge in [0.25, 0.3) is 0 Å². The third-order valence-electron chi connectivity index (χ3n) is 0. The van der Waals surface area contributed by atoms with Crippen molar-refractivity contribution < 1.29 is 0 Å². The van der Waals surface area contributed by atoms with Crippen molar-refractivity contribution in [2.24, 2.45) is 0 Å². The zero-order chi connectivity index (χ0) is 3.58. The largest absolute Gasteiger partial charge is 0.183 e. The predicted octanol–water partition coefficient (Wildman–Crippen LogP) is 1.63. The summed E-state index contributed by atoms with van der Waals surface area (Å²) in [4.78, 5) is 0. The number of hydrogen-bond acceptors (Lipinski definition) is 0. The van der Waals surface area contributed by atoms with Crippen LogP contribution in [-0.2, 0) is 0 Å². The Labute approximate surface area is 43.4 Å². The summed E-state index contributed by atoms with van der Waals surface area (Å²) in [6, 6.07) is -0.514. The average Bonchev–Trinajstić information content (AvgIpc) is 0.811. The lowest BCUT2D eigenvalue weighted by molar-refractivity contribution is 2.37. The predicted molar refractivity (Wildman–Crippen MR) is 30.9 cm³/mol. The molecule has 0 saturated carbocycles. The molecule has 26 valence electrons. The molecule has 0 atom stereocenters. The minimum absolute atomic E-state index is 0.514. The summed E-state index contributed by atoms with van der Waals surface area (Å²) < 4.78 is 0. The first-order chi connectivity index (χ1) is 1.73. The second-order valence-electron chi connectivity index (χ2n) is 0.519. The summed E-state index contributed by atoms with van der Waals surface area (Å²) in [5.41, 5.74) is 0. The Kier molecular flexibility index (Phi) is 3.13. The molecule has 3 heteroatoms. The number of halogens is 2. The fourth-order valence-corrected chi connectivity index (χ4v) is 0. The molecule has 4 heavy (non-hydrogen) atoms. The van der Waals surface area contributed by atoms with Crippen LogP contribution in [0.25, 0.3) is 0 Å².